The van der Waals surface area contributed by atoms with E-state index in [-0.39, 0.29) is 5.91 Å². The number of carbonyl (C=O) groups is 1. The molecule has 1 aliphatic rings. The van der Waals surface area contributed by atoms with E-state index >= 15 is 0 Å². The number of hydrogen-bond donors (Lipinski definition) is 0. The van der Waals surface area contributed by atoms with E-state index in [1.54, 1.807) is 4.90 Å². The molecule has 37 heavy (non-hydrogen) atoms. The van der Waals surface area contributed by atoms with Gasteiger partial charge in [-0.05, 0) is 94.2 Å². The standard InChI is InChI=1S/C30H24INO3S2/c1-3-34-26-16-20(17-27-29(33)32(30(36)37-27)23-12-6-8-19(2)14-23)15-25(31)28(26)35-18-22-11-7-10-21-9-4-5-13-24(21)22/h4-17H,3,18H2,1-2H3/b27-17-. The highest BCUT2D eigenvalue weighted by molar-refractivity contribution is 14.1. The van der Waals surface area contributed by atoms with Crippen molar-refractivity contribution in [1.29, 1.82) is 0 Å². The van der Waals surface area contributed by atoms with Crippen molar-refractivity contribution >= 4 is 79.3 Å². The van der Waals surface area contributed by atoms with Gasteiger partial charge in [-0.2, -0.15) is 0 Å². The van der Waals surface area contributed by atoms with Gasteiger partial charge in [0.25, 0.3) is 5.91 Å². The zero-order valence-corrected chi connectivity index (χ0v) is 24.2. The second kappa shape index (κ2) is 11.2. The molecule has 5 rings (SSSR count). The van der Waals surface area contributed by atoms with Crippen molar-refractivity contribution < 1.29 is 14.3 Å². The first-order valence-electron chi connectivity index (χ1n) is 11.8. The molecule has 0 N–H and O–H groups in total. The van der Waals surface area contributed by atoms with Crippen LogP contribution in [0.5, 0.6) is 11.5 Å². The minimum absolute atomic E-state index is 0.121. The van der Waals surface area contributed by atoms with Crippen molar-refractivity contribution in [2.75, 3.05) is 11.5 Å². The van der Waals surface area contributed by atoms with Gasteiger partial charge in [0.1, 0.15) is 6.61 Å². The summed E-state index contributed by atoms with van der Waals surface area (Å²) in [5, 5.41) is 2.35. The molecule has 0 spiro atoms. The van der Waals surface area contributed by atoms with E-state index in [0.29, 0.717) is 33.9 Å². The number of hydrogen-bond acceptors (Lipinski definition) is 5. The Hall–Kier alpha value is -2.88. The first-order valence-corrected chi connectivity index (χ1v) is 14.2. The second-order valence-corrected chi connectivity index (χ2v) is 11.4. The van der Waals surface area contributed by atoms with Crippen molar-refractivity contribution in [3.05, 3.63) is 104 Å². The van der Waals surface area contributed by atoms with Crippen LogP contribution < -0.4 is 14.4 Å². The molecule has 0 aromatic heterocycles. The second-order valence-electron chi connectivity index (χ2n) is 8.55. The van der Waals surface area contributed by atoms with Crippen molar-refractivity contribution in [2.45, 2.75) is 20.5 Å². The average Bonchev–Trinajstić information content (AvgIpc) is 3.16. The van der Waals surface area contributed by atoms with Crippen LogP contribution in [-0.4, -0.2) is 16.8 Å². The quantitative estimate of drug-likeness (QED) is 0.116. The number of thiocarbonyl (C=S) groups is 1. The van der Waals surface area contributed by atoms with Crippen molar-refractivity contribution in [3.63, 3.8) is 0 Å². The fourth-order valence-electron chi connectivity index (χ4n) is 4.25. The molecule has 186 valence electrons. The van der Waals surface area contributed by atoms with E-state index < -0.39 is 0 Å². The predicted octanol–water partition coefficient (Wildman–Crippen LogP) is 8.14. The Kier molecular flexibility index (Phi) is 7.83. The number of rotatable bonds is 7. The molecular weight excluding hydrogens is 613 g/mol. The van der Waals surface area contributed by atoms with Gasteiger partial charge in [0.2, 0.25) is 0 Å². The normalized spacial score (nSPS) is 14.6. The van der Waals surface area contributed by atoms with Crippen LogP contribution in [0.1, 0.15) is 23.6 Å². The number of benzene rings is 4. The Balaban J connectivity index is 1.42. The number of thioether (sulfide) groups is 1. The number of aryl methyl sites for hydroxylation is 1. The lowest BCUT2D eigenvalue weighted by Gasteiger charge is -2.16. The molecule has 4 aromatic carbocycles. The zero-order valence-electron chi connectivity index (χ0n) is 20.4. The van der Waals surface area contributed by atoms with E-state index in [4.69, 9.17) is 21.7 Å². The molecule has 1 amide bonds. The van der Waals surface area contributed by atoms with Gasteiger partial charge in [-0.25, -0.2) is 0 Å². The number of halogens is 1. The molecule has 1 aliphatic heterocycles. The van der Waals surface area contributed by atoms with Gasteiger partial charge in [0.05, 0.1) is 20.8 Å². The molecule has 0 unspecified atom stereocenters. The zero-order chi connectivity index (χ0) is 25.9. The van der Waals surface area contributed by atoms with Gasteiger partial charge in [-0.15, -0.1) is 0 Å². The van der Waals surface area contributed by atoms with Gasteiger partial charge in [0, 0.05) is 0 Å². The smallest absolute Gasteiger partial charge is 0.270 e. The van der Waals surface area contributed by atoms with Crippen molar-refractivity contribution in [3.8, 4) is 11.5 Å². The summed E-state index contributed by atoms with van der Waals surface area (Å²) in [6.07, 6.45) is 1.87. The summed E-state index contributed by atoms with van der Waals surface area (Å²) in [6, 6.07) is 26.2. The summed E-state index contributed by atoms with van der Waals surface area (Å²) >= 11 is 9.12. The van der Waals surface area contributed by atoms with Crippen molar-refractivity contribution in [2.24, 2.45) is 0 Å². The first-order chi connectivity index (χ1) is 17.9. The van der Waals surface area contributed by atoms with Crippen LogP contribution >= 0.6 is 46.6 Å². The lowest BCUT2D eigenvalue weighted by molar-refractivity contribution is -0.113. The fraction of sp³-hybridized carbons (Fsp3) is 0.133. The Bertz CT molecular complexity index is 1540. The molecule has 0 aliphatic carbocycles. The SMILES string of the molecule is CCOc1cc(/C=C2\SC(=S)N(c3cccc(C)c3)C2=O)cc(I)c1OCc1cccc2ccccc12. The van der Waals surface area contributed by atoms with E-state index in [2.05, 4.69) is 46.9 Å². The molecular formula is C30H24INO3S2. The maximum absolute atomic E-state index is 13.3. The van der Waals surface area contributed by atoms with Crippen LogP contribution in [0.2, 0.25) is 0 Å². The van der Waals surface area contributed by atoms with Gasteiger partial charge in [-0.1, -0.05) is 78.6 Å². The van der Waals surface area contributed by atoms with Gasteiger partial charge in [0.15, 0.2) is 15.8 Å². The molecule has 1 heterocycles. The molecule has 4 nitrogen and oxygen atoms in total. The first kappa shape index (κ1) is 25.8. The van der Waals surface area contributed by atoms with Crippen LogP contribution in [-0.2, 0) is 11.4 Å². The number of amides is 1. The molecule has 0 radical (unpaired) electrons. The fourth-order valence-corrected chi connectivity index (χ4v) is 6.33. The van der Waals surface area contributed by atoms with Crippen LogP contribution in [0.4, 0.5) is 5.69 Å². The molecule has 1 fully saturated rings. The summed E-state index contributed by atoms with van der Waals surface area (Å²) in [7, 11) is 0. The largest absolute Gasteiger partial charge is 0.490 e. The molecule has 7 heteroatoms. The molecule has 1 saturated heterocycles. The topological polar surface area (TPSA) is 38.8 Å². The lowest BCUT2D eigenvalue weighted by atomic mass is 10.1. The van der Waals surface area contributed by atoms with Crippen LogP contribution in [0.15, 0.2) is 83.8 Å². The van der Waals surface area contributed by atoms with Crippen LogP contribution in [0.25, 0.3) is 16.8 Å². The minimum atomic E-state index is -0.121. The van der Waals surface area contributed by atoms with E-state index in [9.17, 15) is 4.79 Å². The van der Waals surface area contributed by atoms with Crippen molar-refractivity contribution in [1.82, 2.24) is 0 Å². The van der Waals surface area contributed by atoms with Gasteiger partial charge in [-0.3, -0.25) is 9.69 Å². The summed E-state index contributed by atoms with van der Waals surface area (Å²) < 4.78 is 13.7. The molecule has 0 bridgehead atoms. The van der Waals surface area contributed by atoms with Crippen LogP contribution in [0, 0.1) is 10.5 Å². The number of nitrogens with zero attached hydrogens (tertiary/aromatic N) is 1. The highest BCUT2D eigenvalue weighted by Gasteiger charge is 2.33. The number of anilines is 1. The van der Waals surface area contributed by atoms with E-state index in [0.717, 1.165) is 25.9 Å². The highest BCUT2D eigenvalue weighted by Crippen LogP contribution is 2.39. The Morgan fingerprint density at radius 2 is 1.78 bits per heavy atom. The predicted molar refractivity (Wildman–Crippen MR) is 165 cm³/mol. The summed E-state index contributed by atoms with van der Waals surface area (Å²) in [4.78, 5) is 15.4. The van der Waals surface area contributed by atoms with Gasteiger partial charge < -0.3 is 9.47 Å². The maximum Gasteiger partial charge on any atom is 0.270 e. The van der Waals surface area contributed by atoms with E-state index in [1.807, 2.05) is 74.5 Å². The minimum Gasteiger partial charge on any atom is -0.490 e. The summed E-state index contributed by atoms with van der Waals surface area (Å²) in [5.74, 6) is 1.22. The summed E-state index contributed by atoms with van der Waals surface area (Å²) in [5.41, 5.74) is 3.83. The molecule has 0 saturated carbocycles. The maximum atomic E-state index is 13.3. The van der Waals surface area contributed by atoms with Crippen LogP contribution in [0.3, 0.4) is 0 Å². The Morgan fingerprint density at radius 3 is 2.59 bits per heavy atom. The molecule has 0 atom stereocenters. The number of carbonyl (C=O) groups excluding carboxylic acids is 1. The Morgan fingerprint density at radius 1 is 1.00 bits per heavy atom. The van der Waals surface area contributed by atoms with E-state index in [1.165, 1.54) is 22.5 Å². The Labute approximate surface area is 239 Å². The lowest BCUT2D eigenvalue weighted by Crippen LogP contribution is -2.27. The van der Waals surface area contributed by atoms with Gasteiger partial charge >= 0.3 is 0 Å². The highest BCUT2D eigenvalue weighted by atomic mass is 127. The summed E-state index contributed by atoms with van der Waals surface area (Å²) in [6.45, 7) is 4.87. The third kappa shape index (κ3) is 5.54. The molecule has 4 aromatic rings. The average molecular weight is 638 g/mol. The third-order valence-electron chi connectivity index (χ3n) is 5.93. The number of fused-ring (bicyclic) bond motifs is 1. The monoisotopic (exact) mass is 637 g/mol. The number of ether oxygens (including phenoxy) is 2. The third-order valence-corrected chi connectivity index (χ3v) is 8.04.